The van der Waals surface area contributed by atoms with Crippen LogP contribution in [-0.4, -0.2) is 22.0 Å². The Bertz CT molecular complexity index is 1330. The highest BCUT2D eigenvalue weighted by Gasteiger charge is 2.28. The van der Waals surface area contributed by atoms with Crippen LogP contribution in [0.3, 0.4) is 0 Å². The Morgan fingerprint density at radius 3 is 1.41 bits per heavy atom. The van der Waals surface area contributed by atoms with Crippen molar-refractivity contribution < 1.29 is 18.4 Å². The van der Waals surface area contributed by atoms with Crippen molar-refractivity contribution in [3.05, 3.63) is 89.7 Å². The number of benzene rings is 2. The summed E-state index contributed by atoms with van der Waals surface area (Å²) in [4.78, 5) is 24.6. The first-order chi connectivity index (χ1) is 15.3. The van der Waals surface area contributed by atoms with E-state index in [1.54, 1.807) is 38.1 Å². The average Bonchev–Trinajstić information content (AvgIpc) is 3.35. The zero-order valence-corrected chi connectivity index (χ0v) is 20.0. The third-order valence-electron chi connectivity index (χ3n) is 4.50. The van der Waals surface area contributed by atoms with Gasteiger partial charge in [0.1, 0.15) is 11.4 Å². The second kappa shape index (κ2) is 9.01. The van der Waals surface area contributed by atoms with Gasteiger partial charge in [-0.05, 0) is 58.0 Å². The van der Waals surface area contributed by atoms with Crippen LogP contribution < -0.4 is 20.6 Å². The minimum Gasteiger partial charge on any atom is -0.282 e. The van der Waals surface area contributed by atoms with Crippen molar-refractivity contribution >= 4 is 43.3 Å². The Morgan fingerprint density at radius 2 is 1.06 bits per heavy atom. The zero-order valence-electron chi connectivity index (χ0n) is 16.8. The molecule has 162 valence electrons. The van der Waals surface area contributed by atoms with Gasteiger partial charge in [0.25, 0.3) is 0 Å². The number of hydrogen-bond donors (Lipinski definition) is 2. The number of nitrogens with one attached hydrogen (secondary N) is 2. The molecule has 0 saturated carbocycles. The molecule has 0 saturated heterocycles. The quantitative estimate of drug-likeness (QED) is 0.220. The van der Waals surface area contributed by atoms with Gasteiger partial charge in [-0.15, -0.1) is 10.2 Å². The summed E-state index contributed by atoms with van der Waals surface area (Å²) in [5.41, 5.74) is 1.06. The maximum absolute atomic E-state index is 12.3. The normalized spacial score (nSPS) is 12.4. The van der Waals surface area contributed by atoms with Gasteiger partial charge in [0, 0.05) is 33.2 Å². The van der Waals surface area contributed by atoms with Crippen LogP contribution >= 0.6 is 31.9 Å². The first-order valence-corrected chi connectivity index (χ1v) is 10.8. The molecular weight excluding hydrogens is 548 g/mol. The van der Waals surface area contributed by atoms with Gasteiger partial charge < -0.3 is 0 Å². The number of nitrogens with zero attached hydrogens (tertiary/aromatic N) is 4. The second-order valence-corrected chi connectivity index (χ2v) is 8.48. The van der Waals surface area contributed by atoms with Gasteiger partial charge in [0.15, 0.2) is 0 Å². The van der Waals surface area contributed by atoms with E-state index in [-0.39, 0.29) is 22.8 Å². The monoisotopic (exact) mass is 562 g/mol. The van der Waals surface area contributed by atoms with Gasteiger partial charge in [-0.25, -0.2) is 9.59 Å². The van der Waals surface area contributed by atoms with Crippen LogP contribution in [0.15, 0.2) is 86.3 Å². The summed E-state index contributed by atoms with van der Waals surface area (Å²) in [5, 5.41) is 13.4. The maximum atomic E-state index is 12.3. The van der Waals surface area contributed by atoms with Crippen molar-refractivity contribution in [2.75, 3.05) is 0 Å². The van der Waals surface area contributed by atoms with Crippen LogP contribution in [0.4, 0.5) is 0 Å². The number of H-pyrrole nitrogens is 2. The van der Waals surface area contributed by atoms with Crippen LogP contribution in [0, 0.1) is 0 Å². The molecule has 0 aliphatic carbocycles. The predicted molar refractivity (Wildman–Crippen MR) is 122 cm³/mol. The van der Waals surface area contributed by atoms with Gasteiger partial charge in [0.05, 0.1) is 0 Å². The zero-order chi connectivity index (χ0) is 22.8. The molecule has 2 aromatic carbocycles. The molecule has 0 spiro atoms. The molecule has 0 bridgehead atoms. The molecule has 0 atom stereocenters. The molecule has 12 heteroatoms. The second-order valence-electron chi connectivity index (χ2n) is 6.65. The SMILES string of the molecule is C/C(=N\N=C(/C)c1c(=O)o[nH][n+]1-c1ccc(Br)cc1)c1c(=O)o[nH][n+]1-c1ccc(Br)cc1. The van der Waals surface area contributed by atoms with Gasteiger partial charge >= 0.3 is 22.6 Å². The van der Waals surface area contributed by atoms with Crippen LogP contribution in [0.2, 0.25) is 0 Å². The first-order valence-electron chi connectivity index (χ1n) is 9.23. The molecule has 4 aromatic rings. The molecule has 0 aliphatic heterocycles. The molecule has 4 rings (SSSR count). The van der Waals surface area contributed by atoms with E-state index in [0.717, 1.165) is 8.95 Å². The first kappa shape index (κ1) is 21.8. The Hall–Kier alpha value is -3.38. The summed E-state index contributed by atoms with van der Waals surface area (Å²) in [6.07, 6.45) is 0. The fraction of sp³-hybridized carbons (Fsp3) is 0.100. The van der Waals surface area contributed by atoms with Gasteiger partial charge in [-0.1, -0.05) is 31.9 Å². The Kier molecular flexibility index (Phi) is 6.15. The molecule has 32 heavy (non-hydrogen) atoms. The lowest BCUT2D eigenvalue weighted by molar-refractivity contribution is -0.671. The molecular formula is C20H16Br2N6O4+2. The van der Waals surface area contributed by atoms with Gasteiger partial charge in [0.2, 0.25) is 11.4 Å². The number of aromatic amines is 2. The van der Waals surface area contributed by atoms with Crippen LogP contribution in [0.1, 0.15) is 25.2 Å². The lowest BCUT2D eigenvalue weighted by atomic mass is 10.2. The van der Waals surface area contributed by atoms with E-state index in [1.165, 1.54) is 9.36 Å². The minimum atomic E-state index is -0.604. The van der Waals surface area contributed by atoms with Crippen molar-refractivity contribution in [3.8, 4) is 11.4 Å². The summed E-state index contributed by atoms with van der Waals surface area (Å²) in [7, 11) is 0. The summed E-state index contributed by atoms with van der Waals surface area (Å²) in [6, 6.07) is 14.5. The van der Waals surface area contributed by atoms with Crippen molar-refractivity contribution in [1.82, 2.24) is 10.5 Å². The molecule has 2 heterocycles. The van der Waals surface area contributed by atoms with Crippen LogP contribution in [-0.2, 0) is 0 Å². The molecule has 0 fully saturated rings. The Labute approximate surface area is 197 Å². The van der Waals surface area contributed by atoms with E-state index in [4.69, 9.17) is 9.05 Å². The molecule has 2 N–H and O–H groups in total. The number of rotatable bonds is 5. The summed E-state index contributed by atoms with van der Waals surface area (Å²) in [5.74, 6) is 0. The number of halogens is 2. The van der Waals surface area contributed by atoms with E-state index in [0.29, 0.717) is 11.4 Å². The Balaban J connectivity index is 1.72. The van der Waals surface area contributed by atoms with Crippen LogP contribution in [0.25, 0.3) is 11.4 Å². The molecule has 10 nitrogen and oxygen atoms in total. The lowest BCUT2D eigenvalue weighted by Crippen LogP contribution is -2.41. The lowest BCUT2D eigenvalue weighted by Gasteiger charge is -1.95. The van der Waals surface area contributed by atoms with Crippen molar-refractivity contribution in [1.29, 1.82) is 0 Å². The van der Waals surface area contributed by atoms with Gasteiger partial charge in [-0.2, -0.15) is 0 Å². The molecule has 2 aromatic heterocycles. The van der Waals surface area contributed by atoms with Crippen molar-refractivity contribution in [2.24, 2.45) is 10.2 Å². The van der Waals surface area contributed by atoms with E-state index in [2.05, 4.69) is 52.6 Å². The summed E-state index contributed by atoms with van der Waals surface area (Å²) >= 11 is 6.75. The van der Waals surface area contributed by atoms with E-state index in [1.807, 2.05) is 24.3 Å². The van der Waals surface area contributed by atoms with Crippen molar-refractivity contribution in [3.63, 3.8) is 0 Å². The topological polar surface area (TPSA) is 124 Å². The summed E-state index contributed by atoms with van der Waals surface area (Å²) < 4.78 is 14.6. The Morgan fingerprint density at radius 1 is 0.719 bits per heavy atom. The predicted octanol–water partition coefficient (Wildman–Crippen LogP) is 2.56. The third-order valence-corrected chi connectivity index (χ3v) is 5.56. The van der Waals surface area contributed by atoms with E-state index < -0.39 is 11.3 Å². The number of hydrogen-bond acceptors (Lipinski definition) is 6. The fourth-order valence-electron chi connectivity index (χ4n) is 2.95. The van der Waals surface area contributed by atoms with Crippen molar-refractivity contribution in [2.45, 2.75) is 13.8 Å². The standard InChI is InChI=1S/C20H15Br2N6O4/c1-11(17-19(29)31-25-27(17)15-7-3-13(21)4-8-15)23-24-12(2)18-20(30)32-26-28(18)16-9-5-14(22)6-10-16/h3-10,25H,1-2H3/q+1/p+1. The van der Waals surface area contributed by atoms with Gasteiger partial charge in [-0.3, -0.25) is 9.05 Å². The smallest absolute Gasteiger partial charge is 0.282 e. The fourth-order valence-corrected chi connectivity index (χ4v) is 3.48. The highest BCUT2D eigenvalue weighted by molar-refractivity contribution is 9.10. The van der Waals surface area contributed by atoms with E-state index in [9.17, 15) is 9.59 Å². The molecule has 0 unspecified atom stereocenters. The molecule has 0 amide bonds. The number of aromatic nitrogens is 4. The highest BCUT2D eigenvalue weighted by Crippen LogP contribution is 2.11. The third kappa shape index (κ3) is 4.32. The average molecular weight is 564 g/mol. The highest BCUT2D eigenvalue weighted by atomic mass is 79.9. The maximum Gasteiger partial charge on any atom is 0.437 e. The molecule has 0 radical (unpaired) electrons. The largest absolute Gasteiger partial charge is 0.437 e. The van der Waals surface area contributed by atoms with E-state index >= 15 is 0 Å². The molecule has 0 aliphatic rings. The van der Waals surface area contributed by atoms with Crippen LogP contribution in [0.5, 0.6) is 0 Å². The minimum absolute atomic E-state index is 0.172. The summed E-state index contributed by atoms with van der Waals surface area (Å²) in [6.45, 7) is 3.24.